The second-order valence-electron chi connectivity index (χ2n) is 5.25. The molecule has 7 nitrogen and oxygen atoms in total. The highest BCUT2D eigenvalue weighted by molar-refractivity contribution is 8.00. The van der Waals surface area contributed by atoms with E-state index in [9.17, 15) is 13.2 Å². The van der Waals surface area contributed by atoms with Gasteiger partial charge in [-0.1, -0.05) is 12.8 Å². The van der Waals surface area contributed by atoms with E-state index in [-0.39, 0.29) is 15.3 Å². The Morgan fingerprint density at radius 1 is 1.48 bits per heavy atom. The van der Waals surface area contributed by atoms with E-state index in [2.05, 4.69) is 14.9 Å². The van der Waals surface area contributed by atoms with E-state index in [0.29, 0.717) is 6.54 Å². The molecule has 0 radical (unpaired) electrons. The van der Waals surface area contributed by atoms with Crippen LogP contribution in [0.1, 0.15) is 41.9 Å². The minimum absolute atomic E-state index is 0.0892. The van der Waals surface area contributed by atoms with E-state index in [1.54, 1.807) is 11.8 Å². The fourth-order valence-electron chi connectivity index (χ4n) is 2.66. The van der Waals surface area contributed by atoms with Crippen LogP contribution < -0.4 is 4.72 Å². The van der Waals surface area contributed by atoms with Gasteiger partial charge in [0.05, 0.1) is 5.69 Å². The molecule has 0 atom stereocenters. The molecule has 21 heavy (non-hydrogen) atoms. The normalized spacial score (nSPS) is 18.0. The number of sulfonamides is 1. The van der Waals surface area contributed by atoms with Crippen LogP contribution in [0.2, 0.25) is 0 Å². The highest BCUT2D eigenvalue weighted by atomic mass is 32.2. The zero-order valence-electron chi connectivity index (χ0n) is 12.0. The summed E-state index contributed by atoms with van der Waals surface area (Å²) in [6, 6.07) is 0. The van der Waals surface area contributed by atoms with Crippen molar-refractivity contribution in [3.63, 3.8) is 0 Å². The molecule has 0 aliphatic heterocycles. The number of H-pyrrole nitrogens is 1. The number of nitrogens with zero attached hydrogens (tertiary/aromatic N) is 1. The fourth-order valence-corrected chi connectivity index (χ4v) is 5.12. The summed E-state index contributed by atoms with van der Waals surface area (Å²) in [5.74, 6) is -1.36. The van der Waals surface area contributed by atoms with Crippen LogP contribution >= 0.6 is 11.8 Å². The van der Waals surface area contributed by atoms with E-state index in [0.717, 1.165) is 25.7 Å². The Morgan fingerprint density at radius 2 is 2.10 bits per heavy atom. The highest BCUT2D eigenvalue weighted by Crippen LogP contribution is 2.39. The Kier molecular flexibility index (Phi) is 4.64. The lowest BCUT2D eigenvalue weighted by atomic mass is 10.1. The van der Waals surface area contributed by atoms with Crippen molar-refractivity contribution < 1.29 is 18.3 Å². The number of rotatable bonds is 6. The molecular formula is C12H19N3O4S2. The maximum absolute atomic E-state index is 12.4. The van der Waals surface area contributed by atoms with Gasteiger partial charge < -0.3 is 5.11 Å². The molecule has 1 saturated carbocycles. The van der Waals surface area contributed by atoms with E-state index in [1.807, 2.05) is 6.26 Å². The van der Waals surface area contributed by atoms with Crippen LogP contribution in [-0.2, 0) is 10.0 Å². The van der Waals surface area contributed by atoms with E-state index in [1.165, 1.54) is 6.92 Å². The summed E-state index contributed by atoms with van der Waals surface area (Å²) >= 11 is 1.67. The number of carboxylic acids is 1. The van der Waals surface area contributed by atoms with Crippen LogP contribution in [0.3, 0.4) is 0 Å². The zero-order chi connectivity index (χ0) is 15.7. The molecule has 1 fully saturated rings. The molecule has 2 rings (SSSR count). The van der Waals surface area contributed by atoms with Crippen molar-refractivity contribution >= 4 is 27.8 Å². The largest absolute Gasteiger partial charge is 0.476 e. The number of aromatic amines is 1. The second-order valence-corrected chi connectivity index (χ2v) is 8.23. The topological polar surface area (TPSA) is 112 Å². The van der Waals surface area contributed by atoms with Crippen LogP contribution in [0.15, 0.2) is 4.90 Å². The Balaban J connectivity index is 2.23. The van der Waals surface area contributed by atoms with Crippen molar-refractivity contribution in [1.29, 1.82) is 0 Å². The van der Waals surface area contributed by atoms with E-state index in [4.69, 9.17) is 5.11 Å². The Morgan fingerprint density at radius 3 is 2.62 bits per heavy atom. The van der Waals surface area contributed by atoms with Gasteiger partial charge in [-0.05, 0) is 26.0 Å². The van der Waals surface area contributed by atoms with Crippen LogP contribution in [0.25, 0.3) is 0 Å². The van der Waals surface area contributed by atoms with Crippen LogP contribution in [0, 0.1) is 6.92 Å². The van der Waals surface area contributed by atoms with Gasteiger partial charge in [-0.3, -0.25) is 5.10 Å². The first kappa shape index (κ1) is 16.3. The van der Waals surface area contributed by atoms with Crippen molar-refractivity contribution in [2.75, 3.05) is 12.8 Å². The Labute approximate surface area is 127 Å². The van der Waals surface area contributed by atoms with Gasteiger partial charge in [0.25, 0.3) is 0 Å². The molecule has 0 amide bonds. The summed E-state index contributed by atoms with van der Waals surface area (Å²) < 4.78 is 27.3. The standard InChI is InChI=1S/C12H19N3O4S2/c1-8-10(9(11(16)17)15-14-8)21(18,19)13-7-12(20-2)5-3-4-6-12/h13H,3-7H2,1-2H3,(H,14,15)(H,16,17). The molecule has 1 aromatic rings. The average Bonchev–Trinajstić information content (AvgIpc) is 3.04. The monoisotopic (exact) mass is 333 g/mol. The smallest absolute Gasteiger partial charge is 0.357 e. The van der Waals surface area contributed by atoms with Gasteiger partial charge >= 0.3 is 5.97 Å². The molecule has 0 saturated heterocycles. The molecule has 3 N–H and O–H groups in total. The lowest BCUT2D eigenvalue weighted by Crippen LogP contribution is -2.38. The molecule has 0 aromatic carbocycles. The molecule has 118 valence electrons. The molecule has 1 heterocycles. The number of aryl methyl sites for hydroxylation is 1. The molecular weight excluding hydrogens is 314 g/mol. The molecule has 0 bridgehead atoms. The number of hydrogen-bond acceptors (Lipinski definition) is 5. The van der Waals surface area contributed by atoms with Gasteiger partial charge in [0.2, 0.25) is 10.0 Å². The van der Waals surface area contributed by atoms with Gasteiger partial charge in [-0.25, -0.2) is 17.9 Å². The summed E-state index contributed by atoms with van der Waals surface area (Å²) in [6.07, 6.45) is 6.09. The predicted octanol–water partition coefficient (Wildman–Crippen LogP) is 1.37. The number of nitrogens with one attached hydrogen (secondary N) is 2. The minimum atomic E-state index is -3.90. The van der Waals surface area contributed by atoms with Crippen LogP contribution in [-0.4, -0.2) is 47.2 Å². The zero-order valence-corrected chi connectivity index (χ0v) is 13.6. The fraction of sp³-hybridized carbons (Fsp3) is 0.667. The highest BCUT2D eigenvalue weighted by Gasteiger charge is 2.36. The number of carbonyl (C=O) groups is 1. The lowest BCUT2D eigenvalue weighted by molar-refractivity contribution is 0.0686. The molecule has 1 aliphatic rings. The minimum Gasteiger partial charge on any atom is -0.476 e. The summed E-state index contributed by atoms with van der Waals surface area (Å²) in [5, 5.41) is 15.0. The van der Waals surface area contributed by atoms with Crippen LogP contribution in [0.4, 0.5) is 0 Å². The van der Waals surface area contributed by atoms with E-state index >= 15 is 0 Å². The third-order valence-corrected chi connectivity index (χ3v) is 6.87. The maximum atomic E-state index is 12.4. The Bertz CT molecular complexity index is 633. The third kappa shape index (κ3) is 3.24. The number of hydrogen-bond donors (Lipinski definition) is 3. The van der Waals surface area contributed by atoms with Crippen molar-refractivity contribution in [3.8, 4) is 0 Å². The van der Waals surface area contributed by atoms with Crippen molar-refractivity contribution in [2.24, 2.45) is 0 Å². The van der Waals surface area contributed by atoms with Crippen molar-refractivity contribution in [2.45, 2.75) is 42.2 Å². The van der Waals surface area contributed by atoms with Gasteiger partial charge in [0.15, 0.2) is 5.69 Å². The maximum Gasteiger partial charge on any atom is 0.357 e. The second kappa shape index (κ2) is 5.98. The molecule has 1 aromatic heterocycles. The molecule has 0 unspecified atom stereocenters. The van der Waals surface area contributed by atoms with Crippen LogP contribution in [0.5, 0.6) is 0 Å². The quantitative estimate of drug-likeness (QED) is 0.725. The van der Waals surface area contributed by atoms with Gasteiger partial charge in [0.1, 0.15) is 4.90 Å². The van der Waals surface area contributed by atoms with Crippen molar-refractivity contribution in [1.82, 2.24) is 14.9 Å². The first-order chi connectivity index (χ1) is 9.81. The summed E-state index contributed by atoms with van der Waals surface area (Å²) in [4.78, 5) is 10.8. The molecule has 9 heteroatoms. The molecule has 1 aliphatic carbocycles. The number of aromatic carboxylic acids is 1. The predicted molar refractivity (Wildman–Crippen MR) is 80.2 cm³/mol. The molecule has 0 spiro atoms. The first-order valence-corrected chi connectivity index (χ1v) is 9.35. The average molecular weight is 333 g/mol. The number of carboxylic acid groups (broad SMARTS) is 1. The number of thioether (sulfide) groups is 1. The van der Waals surface area contributed by atoms with E-state index < -0.39 is 21.7 Å². The Hall–Kier alpha value is -1.06. The summed E-state index contributed by atoms with van der Waals surface area (Å²) in [6.45, 7) is 1.80. The number of aromatic nitrogens is 2. The first-order valence-electron chi connectivity index (χ1n) is 6.64. The van der Waals surface area contributed by atoms with Crippen molar-refractivity contribution in [3.05, 3.63) is 11.4 Å². The third-order valence-electron chi connectivity index (χ3n) is 3.89. The van der Waals surface area contributed by atoms with Gasteiger partial charge in [-0.2, -0.15) is 16.9 Å². The SMILES string of the molecule is CSC1(CNS(=O)(=O)c2c(C(=O)O)n[nH]c2C)CCCC1. The van der Waals surface area contributed by atoms with Gasteiger partial charge in [-0.15, -0.1) is 0 Å². The summed E-state index contributed by atoms with van der Waals surface area (Å²) in [7, 11) is -3.90. The lowest BCUT2D eigenvalue weighted by Gasteiger charge is -2.26. The van der Waals surface area contributed by atoms with Gasteiger partial charge in [0, 0.05) is 11.3 Å². The summed E-state index contributed by atoms with van der Waals surface area (Å²) in [5.41, 5.74) is -0.242.